The predicted octanol–water partition coefficient (Wildman–Crippen LogP) is 2.49. The van der Waals surface area contributed by atoms with Crippen molar-refractivity contribution < 1.29 is 23.8 Å². The van der Waals surface area contributed by atoms with E-state index in [0.717, 1.165) is 12.0 Å². The van der Waals surface area contributed by atoms with Crippen LogP contribution in [0.5, 0.6) is 11.5 Å². The van der Waals surface area contributed by atoms with E-state index >= 15 is 0 Å². The number of benzene rings is 1. The van der Waals surface area contributed by atoms with Crippen molar-refractivity contribution in [3.63, 3.8) is 0 Å². The van der Waals surface area contributed by atoms with Gasteiger partial charge in [0.2, 0.25) is 12.7 Å². The minimum Gasteiger partial charge on any atom is -0.467 e. The molecule has 3 atom stereocenters. The Kier molecular flexibility index (Phi) is 4.97. The van der Waals surface area contributed by atoms with Crippen LogP contribution in [0.1, 0.15) is 31.2 Å². The molecule has 2 aliphatic heterocycles. The molecule has 1 aromatic carbocycles. The van der Waals surface area contributed by atoms with Crippen molar-refractivity contribution in [1.82, 2.24) is 4.90 Å². The van der Waals surface area contributed by atoms with Gasteiger partial charge in [0.25, 0.3) is 0 Å². The molecular weight excluding hydrogens is 322 g/mol. The van der Waals surface area contributed by atoms with E-state index in [9.17, 15) is 9.59 Å². The summed E-state index contributed by atoms with van der Waals surface area (Å²) in [7, 11) is 1.35. The largest absolute Gasteiger partial charge is 0.467 e. The first kappa shape index (κ1) is 17.3. The molecular formula is C19H23NO5. The number of allylic oxidation sites excluding steroid dienone is 1. The molecule has 6 nitrogen and oxygen atoms in total. The highest BCUT2D eigenvalue weighted by Crippen LogP contribution is 2.37. The first-order valence-electron chi connectivity index (χ1n) is 8.47. The van der Waals surface area contributed by atoms with Crippen LogP contribution in [-0.4, -0.2) is 43.3 Å². The fraction of sp³-hybridized carbons (Fsp3) is 0.474. The van der Waals surface area contributed by atoms with E-state index in [0.29, 0.717) is 24.5 Å². The highest BCUT2D eigenvalue weighted by Gasteiger charge is 2.38. The molecule has 0 N–H and O–H groups in total. The second kappa shape index (κ2) is 7.17. The molecule has 0 bridgehead atoms. The van der Waals surface area contributed by atoms with E-state index in [1.807, 2.05) is 25.1 Å². The number of esters is 1. The standard InChI is InChI=1S/C19H23NO5/c1-4-14(13-7-8-16-17(10-13)25-11-24-16)12(2)18(21)20-9-5-6-15(20)19(22)23-3/h4,7-8,10,12,14-15H,1,5-6,9,11H2,2-3H3/t12-,14+,15+/m1/s1. The molecule has 6 heteroatoms. The molecule has 1 fully saturated rings. The van der Waals surface area contributed by atoms with Crippen LogP contribution in [0.4, 0.5) is 0 Å². The number of hydrogen-bond acceptors (Lipinski definition) is 5. The number of fused-ring (bicyclic) bond motifs is 1. The maximum absolute atomic E-state index is 13.0. The highest BCUT2D eigenvalue weighted by molar-refractivity contribution is 5.87. The van der Waals surface area contributed by atoms with Gasteiger partial charge in [-0.25, -0.2) is 4.79 Å². The fourth-order valence-electron chi connectivity index (χ4n) is 3.58. The summed E-state index contributed by atoms with van der Waals surface area (Å²) in [4.78, 5) is 26.6. The van der Waals surface area contributed by atoms with Crippen LogP contribution in [0.25, 0.3) is 0 Å². The summed E-state index contributed by atoms with van der Waals surface area (Å²) in [6, 6.07) is 5.17. The summed E-state index contributed by atoms with van der Waals surface area (Å²) >= 11 is 0. The molecule has 3 rings (SSSR count). The zero-order valence-corrected chi connectivity index (χ0v) is 14.6. The number of likely N-dealkylation sites (tertiary alicyclic amines) is 1. The Morgan fingerprint density at radius 1 is 1.36 bits per heavy atom. The Morgan fingerprint density at radius 2 is 2.12 bits per heavy atom. The highest BCUT2D eigenvalue weighted by atomic mass is 16.7. The minimum absolute atomic E-state index is 0.0598. The van der Waals surface area contributed by atoms with Gasteiger partial charge in [0.05, 0.1) is 7.11 Å². The van der Waals surface area contributed by atoms with Gasteiger partial charge in [-0.05, 0) is 30.5 Å². The fourth-order valence-corrected chi connectivity index (χ4v) is 3.58. The van der Waals surface area contributed by atoms with Gasteiger partial charge in [-0.3, -0.25) is 4.79 Å². The van der Waals surface area contributed by atoms with E-state index in [1.54, 1.807) is 11.0 Å². The van der Waals surface area contributed by atoms with Crippen LogP contribution in [0.2, 0.25) is 0 Å². The third kappa shape index (κ3) is 3.21. The summed E-state index contributed by atoms with van der Waals surface area (Å²) in [6.07, 6.45) is 3.22. The van der Waals surface area contributed by atoms with Crippen LogP contribution >= 0.6 is 0 Å². The number of nitrogens with zero attached hydrogens (tertiary/aromatic N) is 1. The second-order valence-corrected chi connectivity index (χ2v) is 6.38. The summed E-state index contributed by atoms with van der Waals surface area (Å²) < 4.78 is 15.6. The third-order valence-electron chi connectivity index (χ3n) is 4.97. The normalized spacial score (nSPS) is 20.9. The molecule has 1 aromatic rings. The zero-order chi connectivity index (χ0) is 18.0. The number of amides is 1. The molecule has 1 saturated heterocycles. The molecule has 0 saturated carbocycles. The number of rotatable bonds is 5. The number of carbonyl (C=O) groups excluding carboxylic acids is 2. The van der Waals surface area contributed by atoms with Gasteiger partial charge in [-0.1, -0.05) is 19.1 Å². The number of ether oxygens (including phenoxy) is 3. The first-order chi connectivity index (χ1) is 12.1. The lowest BCUT2D eigenvalue weighted by atomic mass is 9.86. The Bertz CT molecular complexity index is 686. The van der Waals surface area contributed by atoms with Crippen molar-refractivity contribution in [2.45, 2.75) is 31.7 Å². The Labute approximate surface area is 147 Å². The van der Waals surface area contributed by atoms with Crippen molar-refractivity contribution in [2.75, 3.05) is 20.4 Å². The predicted molar refractivity (Wildman–Crippen MR) is 91.4 cm³/mol. The molecule has 0 unspecified atom stereocenters. The van der Waals surface area contributed by atoms with Gasteiger partial charge in [-0.2, -0.15) is 0 Å². The molecule has 2 heterocycles. The lowest BCUT2D eigenvalue weighted by Gasteiger charge is -2.29. The monoisotopic (exact) mass is 345 g/mol. The summed E-state index contributed by atoms with van der Waals surface area (Å²) in [5.41, 5.74) is 0.939. The molecule has 0 aromatic heterocycles. The Morgan fingerprint density at radius 3 is 2.84 bits per heavy atom. The van der Waals surface area contributed by atoms with Crippen LogP contribution in [0.3, 0.4) is 0 Å². The smallest absolute Gasteiger partial charge is 0.328 e. The van der Waals surface area contributed by atoms with Crippen molar-refractivity contribution in [2.24, 2.45) is 5.92 Å². The van der Waals surface area contributed by atoms with Crippen molar-refractivity contribution in [3.05, 3.63) is 36.4 Å². The SMILES string of the molecule is C=C[C@H](c1ccc2c(c1)OCO2)[C@@H](C)C(=O)N1CCC[C@H]1C(=O)OC. The number of methoxy groups -OCH3 is 1. The molecule has 2 aliphatic rings. The summed E-state index contributed by atoms with van der Waals surface area (Å²) in [5, 5.41) is 0. The summed E-state index contributed by atoms with van der Waals surface area (Å²) in [5.74, 6) is 0.448. The molecule has 0 radical (unpaired) electrons. The quantitative estimate of drug-likeness (QED) is 0.606. The van der Waals surface area contributed by atoms with Gasteiger partial charge in [-0.15, -0.1) is 6.58 Å². The van der Waals surface area contributed by atoms with E-state index in [1.165, 1.54) is 7.11 Å². The number of hydrogen-bond donors (Lipinski definition) is 0. The molecule has 0 spiro atoms. The lowest BCUT2D eigenvalue weighted by molar-refractivity contribution is -0.152. The van der Waals surface area contributed by atoms with Crippen LogP contribution in [0.15, 0.2) is 30.9 Å². The molecule has 25 heavy (non-hydrogen) atoms. The van der Waals surface area contributed by atoms with Crippen molar-refractivity contribution in [1.29, 1.82) is 0 Å². The summed E-state index contributed by atoms with van der Waals surface area (Å²) in [6.45, 7) is 6.55. The van der Waals surface area contributed by atoms with E-state index < -0.39 is 6.04 Å². The van der Waals surface area contributed by atoms with Gasteiger partial charge < -0.3 is 19.1 Å². The van der Waals surface area contributed by atoms with Gasteiger partial charge in [0.15, 0.2) is 11.5 Å². The van der Waals surface area contributed by atoms with Crippen LogP contribution in [0, 0.1) is 5.92 Å². The van der Waals surface area contributed by atoms with Crippen LogP contribution in [-0.2, 0) is 14.3 Å². The van der Waals surface area contributed by atoms with Gasteiger partial charge in [0, 0.05) is 18.4 Å². The Hall–Kier alpha value is -2.50. The van der Waals surface area contributed by atoms with E-state index in [2.05, 4.69) is 6.58 Å². The second-order valence-electron chi connectivity index (χ2n) is 6.38. The van der Waals surface area contributed by atoms with Crippen molar-refractivity contribution in [3.8, 4) is 11.5 Å². The average Bonchev–Trinajstić information content (AvgIpc) is 3.29. The minimum atomic E-state index is -0.484. The van der Waals surface area contributed by atoms with Crippen LogP contribution < -0.4 is 9.47 Å². The molecule has 134 valence electrons. The topological polar surface area (TPSA) is 65.1 Å². The van der Waals surface area contributed by atoms with Gasteiger partial charge >= 0.3 is 5.97 Å². The van der Waals surface area contributed by atoms with E-state index in [-0.39, 0.29) is 30.5 Å². The Balaban J connectivity index is 1.80. The van der Waals surface area contributed by atoms with Gasteiger partial charge in [0.1, 0.15) is 6.04 Å². The number of carbonyl (C=O) groups is 2. The maximum atomic E-state index is 13.0. The zero-order valence-electron chi connectivity index (χ0n) is 14.6. The molecule has 0 aliphatic carbocycles. The first-order valence-corrected chi connectivity index (χ1v) is 8.47. The average molecular weight is 345 g/mol. The lowest BCUT2D eigenvalue weighted by Crippen LogP contribution is -2.44. The van der Waals surface area contributed by atoms with Crippen molar-refractivity contribution >= 4 is 11.9 Å². The van der Waals surface area contributed by atoms with E-state index in [4.69, 9.17) is 14.2 Å². The maximum Gasteiger partial charge on any atom is 0.328 e. The third-order valence-corrected chi connectivity index (χ3v) is 4.97. The molecule has 1 amide bonds.